The summed E-state index contributed by atoms with van der Waals surface area (Å²) < 4.78 is 2.09. The van der Waals surface area contributed by atoms with Crippen LogP contribution in [0.5, 0.6) is 0 Å². The fraction of sp³-hybridized carbons (Fsp3) is 0.100. The maximum atomic E-state index is 7.05. The average Bonchev–Trinajstić information content (AvgIpc) is 2.78. The van der Waals surface area contributed by atoms with Crippen molar-refractivity contribution in [2.24, 2.45) is 5.73 Å². The summed E-state index contributed by atoms with van der Waals surface area (Å²) in [5.41, 5.74) is 13.5. The van der Waals surface area contributed by atoms with Gasteiger partial charge in [0.25, 0.3) is 0 Å². The van der Waals surface area contributed by atoms with Gasteiger partial charge in [0, 0.05) is 8.95 Å². The Bertz CT molecular complexity index is 862. The maximum Gasteiger partial charge on any atom is 0.0935 e. The molecule has 114 valence electrons. The minimum Gasteiger partial charge on any atom is -0.314 e. The van der Waals surface area contributed by atoms with Gasteiger partial charge in [-0.05, 0) is 59.0 Å². The van der Waals surface area contributed by atoms with E-state index in [0.29, 0.717) is 0 Å². The van der Waals surface area contributed by atoms with Gasteiger partial charge in [0.15, 0.2) is 0 Å². The summed E-state index contributed by atoms with van der Waals surface area (Å²) in [5, 5.41) is 0. The first-order valence-corrected chi connectivity index (χ1v) is 9.05. The fourth-order valence-electron chi connectivity index (χ4n) is 3.43. The van der Waals surface area contributed by atoms with Crippen LogP contribution in [0.2, 0.25) is 0 Å². The quantitative estimate of drug-likeness (QED) is 0.524. The van der Waals surface area contributed by atoms with E-state index >= 15 is 0 Å². The normalized spacial score (nSPS) is 14.4. The first-order chi connectivity index (χ1) is 11.0. The van der Waals surface area contributed by atoms with Crippen LogP contribution in [0, 0.1) is 6.92 Å². The van der Waals surface area contributed by atoms with Crippen molar-refractivity contribution < 1.29 is 0 Å². The van der Waals surface area contributed by atoms with Crippen LogP contribution in [-0.4, -0.2) is 0 Å². The van der Waals surface area contributed by atoms with Crippen LogP contribution >= 0.6 is 31.9 Å². The van der Waals surface area contributed by atoms with Crippen LogP contribution in [0.4, 0.5) is 0 Å². The average molecular weight is 429 g/mol. The summed E-state index contributed by atoms with van der Waals surface area (Å²) in [6.45, 7) is 2.09. The van der Waals surface area contributed by atoms with Gasteiger partial charge in [-0.2, -0.15) is 0 Å². The fourth-order valence-corrected chi connectivity index (χ4v) is 4.15. The molecule has 0 saturated heterocycles. The monoisotopic (exact) mass is 427 g/mol. The molecule has 0 radical (unpaired) electrons. The minimum atomic E-state index is -0.633. The highest BCUT2D eigenvalue weighted by molar-refractivity contribution is 9.10. The molecule has 3 aromatic rings. The number of nitrogens with two attached hydrogens (primary N) is 1. The van der Waals surface area contributed by atoms with Gasteiger partial charge in [0.05, 0.1) is 5.54 Å². The first kappa shape index (κ1) is 15.1. The lowest BCUT2D eigenvalue weighted by Gasteiger charge is -2.28. The summed E-state index contributed by atoms with van der Waals surface area (Å²) >= 11 is 7.19. The Hall–Kier alpha value is -1.42. The van der Waals surface area contributed by atoms with Gasteiger partial charge < -0.3 is 5.73 Å². The third-order valence-corrected chi connectivity index (χ3v) is 5.60. The second-order valence-electron chi connectivity index (χ2n) is 6.05. The number of hydrogen-bond acceptors (Lipinski definition) is 1. The van der Waals surface area contributed by atoms with Crippen molar-refractivity contribution in [3.8, 4) is 11.1 Å². The van der Waals surface area contributed by atoms with E-state index in [-0.39, 0.29) is 0 Å². The molecule has 1 nitrogen and oxygen atoms in total. The lowest BCUT2D eigenvalue weighted by atomic mass is 9.81. The molecule has 1 aliphatic carbocycles. The zero-order valence-corrected chi connectivity index (χ0v) is 15.8. The molecular formula is C20H15Br2N. The molecule has 1 aliphatic rings. The third kappa shape index (κ3) is 2.22. The van der Waals surface area contributed by atoms with Crippen LogP contribution < -0.4 is 5.73 Å². The summed E-state index contributed by atoms with van der Waals surface area (Å²) in [6.07, 6.45) is 0. The second-order valence-corrected chi connectivity index (χ2v) is 7.89. The van der Waals surface area contributed by atoms with Gasteiger partial charge in [-0.3, -0.25) is 0 Å². The van der Waals surface area contributed by atoms with Crippen molar-refractivity contribution in [1.82, 2.24) is 0 Å². The van der Waals surface area contributed by atoms with E-state index in [1.807, 2.05) is 0 Å². The summed E-state index contributed by atoms with van der Waals surface area (Å²) in [6, 6.07) is 21.2. The largest absolute Gasteiger partial charge is 0.314 e. The summed E-state index contributed by atoms with van der Waals surface area (Å²) in [5.74, 6) is 0. The van der Waals surface area contributed by atoms with E-state index in [2.05, 4.69) is 99.4 Å². The minimum absolute atomic E-state index is 0.633. The lowest BCUT2D eigenvalue weighted by Crippen LogP contribution is -2.37. The van der Waals surface area contributed by atoms with Crippen molar-refractivity contribution in [3.05, 3.63) is 91.9 Å². The van der Waals surface area contributed by atoms with Gasteiger partial charge in [-0.15, -0.1) is 0 Å². The van der Waals surface area contributed by atoms with E-state index in [9.17, 15) is 0 Å². The molecule has 0 aliphatic heterocycles. The number of aryl methyl sites for hydroxylation is 1. The lowest BCUT2D eigenvalue weighted by molar-refractivity contribution is 0.671. The van der Waals surface area contributed by atoms with Gasteiger partial charge in [0.1, 0.15) is 0 Å². The Morgan fingerprint density at radius 1 is 0.739 bits per heavy atom. The third-order valence-electron chi connectivity index (χ3n) is 4.61. The van der Waals surface area contributed by atoms with Crippen molar-refractivity contribution >= 4 is 31.9 Å². The molecule has 0 bridgehead atoms. The topological polar surface area (TPSA) is 26.0 Å². The van der Waals surface area contributed by atoms with Gasteiger partial charge in [0.2, 0.25) is 0 Å². The van der Waals surface area contributed by atoms with E-state index < -0.39 is 5.54 Å². The standard InChI is InChI=1S/C20H15Br2N/c1-12-2-4-13(5-3-12)20(23)18-10-14(21)6-8-16(18)17-9-7-15(22)11-19(17)20/h2-11H,23H2,1H3. The SMILES string of the molecule is Cc1ccc(C2(N)c3cc(Br)ccc3-c3ccc(Br)cc32)cc1. The molecule has 0 aromatic heterocycles. The number of benzene rings is 3. The molecule has 3 aromatic carbocycles. The molecule has 0 spiro atoms. The summed E-state index contributed by atoms with van der Waals surface area (Å²) in [4.78, 5) is 0. The van der Waals surface area contributed by atoms with Gasteiger partial charge in [-0.25, -0.2) is 0 Å². The van der Waals surface area contributed by atoms with E-state index in [1.165, 1.54) is 16.7 Å². The molecule has 0 heterocycles. The predicted molar refractivity (Wildman–Crippen MR) is 103 cm³/mol. The van der Waals surface area contributed by atoms with E-state index in [4.69, 9.17) is 5.73 Å². The Labute approximate surface area is 152 Å². The van der Waals surface area contributed by atoms with Crippen molar-refractivity contribution in [2.45, 2.75) is 12.5 Å². The number of hydrogen-bond donors (Lipinski definition) is 1. The van der Waals surface area contributed by atoms with Crippen LogP contribution in [0.15, 0.2) is 69.6 Å². The molecule has 0 amide bonds. The highest BCUT2D eigenvalue weighted by Crippen LogP contribution is 2.50. The van der Waals surface area contributed by atoms with Crippen LogP contribution in [0.3, 0.4) is 0 Å². The zero-order chi connectivity index (χ0) is 16.2. The molecule has 3 heteroatoms. The maximum absolute atomic E-state index is 7.05. The molecule has 23 heavy (non-hydrogen) atoms. The van der Waals surface area contributed by atoms with Crippen LogP contribution in [0.1, 0.15) is 22.3 Å². The van der Waals surface area contributed by atoms with Crippen molar-refractivity contribution in [1.29, 1.82) is 0 Å². The molecule has 0 unspecified atom stereocenters. The zero-order valence-electron chi connectivity index (χ0n) is 12.6. The summed E-state index contributed by atoms with van der Waals surface area (Å²) in [7, 11) is 0. The Morgan fingerprint density at radius 3 is 1.70 bits per heavy atom. The molecule has 0 saturated carbocycles. The number of halogens is 2. The Balaban J connectivity index is 2.08. The molecule has 4 rings (SSSR count). The van der Waals surface area contributed by atoms with E-state index in [1.54, 1.807) is 0 Å². The highest BCUT2D eigenvalue weighted by Gasteiger charge is 2.41. The molecule has 2 N–H and O–H groups in total. The predicted octanol–water partition coefficient (Wildman–Crippen LogP) is 5.75. The number of fused-ring (bicyclic) bond motifs is 3. The smallest absolute Gasteiger partial charge is 0.0935 e. The van der Waals surface area contributed by atoms with Crippen LogP contribution in [0.25, 0.3) is 11.1 Å². The first-order valence-electron chi connectivity index (χ1n) is 7.46. The Morgan fingerprint density at radius 2 is 1.22 bits per heavy atom. The molecule has 0 fully saturated rings. The van der Waals surface area contributed by atoms with Crippen molar-refractivity contribution in [2.75, 3.05) is 0 Å². The Kier molecular flexibility index (Phi) is 3.49. The van der Waals surface area contributed by atoms with Gasteiger partial charge >= 0.3 is 0 Å². The van der Waals surface area contributed by atoms with Gasteiger partial charge in [-0.1, -0.05) is 73.8 Å². The molecule has 0 atom stereocenters. The van der Waals surface area contributed by atoms with Crippen LogP contribution in [-0.2, 0) is 5.54 Å². The number of rotatable bonds is 1. The second kappa shape index (κ2) is 5.30. The highest BCUT2D eigenvalue weighted by atomic mass is 79.9. The van der Waals surface area contributed by atoms with Crippen molar-refractivity contribution in [3.63, 3.8) is 0 Å². The molecular weight excluding hydrogens is 414 g/mol. The van der Waals surface area contributed by atoms with E-state index in [0.717, 1.165) is 25.6 Å².